The Hall–Kier alpha value is -2.51. The van der Waals surface area contributed by atoms with Crippen LogP contribution in [0.4, 0.5) is 0 Å². The quantitative estimate of drug-likeness (QED) is 0.413. The number of halogens is 1. The summed E-state index contributed by atoms with van der Waals surface area (Å²) in [6, 6.07) is 7.94. The summed E-state index contributed by atoms with van der Waals surface area (Å²) in [5.74, 6) is 1.30. The fourth-order valence-electron chi connectivity index (χ4n) is 4.14. The van der Waals surface area contributed by atoms with Crippen LogP contribution in [0.2, 0.25) is 5.02 Å². The smallest absolute Gasteiger partial charge is 0.169 e. The lowest BCUT2D eigenvalue weighted by molar-refractivity contribution is 0.336. The van der Waals surface area contributed by atoms with Gasteiger partial charge >= 0.3 is 0 Å². The SMILES string of the molecule is CC1=CCCC[C@@H]1C(NCCCn1ccnc1)c1nnnn1Cc1ccc(Cl)cc1. The molecule has 30 heavy (non-hydrogen) atoms. The van der Waals surface area contributed by atoms with Gasteiger partial charge in [-0.2, -0.15) is 0 Å². The first kappa shape index (κ1) is 20.8. The third-order valence-electron chi connectivity index (χ3n) is 5.77. The zero-order chi connectivity index (χ0) is 20.8. The summed E-state index contributed by atoms with van der Waals surface area (Å²) in [6.45, 7) is 4.69. The minimum Gasteiger partial charge on any atom is -0.337 e. The number of hydrogen-bond acceptors (Lipinski definition) is 5. The topological polar surface area (TPSA) is 73.5 Å². The van der Waals surface area contributed by atoms with E-state index in [-0.39, 0.29) is 6.04 Å². The van der Waals surface area contributed by atoms with E-state index in [9.17, 15) is 0 Å². The van der Waals surface area contributed by atoms with Gasteiger partial charge in [0.1, 0.15) is 0 Å². The van der Waals surface area contributed by atoms with Crippen molar-refractivity contribution in [2.75, 3.05) is 6.54 Å². The van der Waals surface area contributed by atoms with Crippen molar-refractivity contribution in [2.24, 2.45) is 5.92 Å². The van der Waals surface area contributed by atoms with Crippen LogP contribution in [0.1, 0.15) is 50.0 Å². The first-order valence-electron chi connectivity index (χ1n) is 10.6. The lowest BCUT2D eigenvalue weighted by atomic mass is 9.82. The molecule has 158 valence electrons. The molecule has 4 rings (SSSR count). The number of allylic oxidation sites excluding steroid dienone is 1. The number of nitrogens with one attached hydrogen (secondary N) is 1. The molecule has 1 unspecified atom stereocenters. The summed E-state index contributed by atoms with van der Waals surface area (Å²) in [5.41, 5.74) is 2.55. The number of aryl methyl sites for hydroxylation is 1. The Kier molecular flexibility index (Phi) is 6.92. The molecule has 1 N–H and O–H groups in total. The highest BCUT2D eigenvalue weighted by Crippen LogP contribution is 2.34. The van der Waals surface area contributed by atoms with Crippen molar-refractivity contribution >= 4 is 11.6 Å². The van der Waals surface area contributed by atoms with Crippen molar-refractivity contribution in [3.05, 3.63) is 71.0 Å². The maximum atomic E-state index is 6.03. The molecule has 0 radical (unpaired) electrons. The third kappa shape index (κ3) is 5.15. The fraction of sp³-hybridized carbons (Fsp3) is 0.455. The molecule has 0 fully saturated rings. The van der Waals surface area contributed by atoms with Crippen molar-refractivity contribution in [1.82, 2.24) is 35.1 Å². The van der Waals surface area contributed by atoms with E-state index in [4.69, 9.17) is 11.6 Å². The molecule has 0 aliphatic heterocycles. The van der Waals surface area contributed by atoms with Gasteiger partial charge in [0.15, 0.2) is 5.82 Å². The predicted octanol–water partition coefficient (Wildman–Crippen LogP) is 4.04. The molecule has 1 aliphatic rings. The number of benzene rings is 1. The molecule has 0 bridgehead atoms. The Morgan fingerprint density at radius 2 is 2.13 bits per heavy atom. The maximum Gasteiger partial charge on any atom is 0.169 e. The average molecular weight is 426 g/mol. The van der Waals surface area contributed by atoms with E-state index in [1.54, 1.807) is 0 Å². The molecule has 2 atom stereocenters. The molecular formula is C22H28ClN7. The van der Waals surface area contributed by atoms with Crippen LogP contribution in [-0.2, 0) is 13.1 Å². The lowest BCUT2D eigenvalue weighted by Crippen LogP contribution is -2.33. The Morgan fingerprint density at radius 1 is 1.27 bits per heavy atom. The van der Waals surface area contributed by atoms with E-state index in [0.717, 1.165) is 48.8 Å². The average Bonchev–Trinajstić information content (AvgIpc) is 3.43. The van der Waals surface area contributed by atoms with Gasteiger partial charge in [-0.25, -0.2) is 9.67 Å². The third-order valence-corrected chi connectivity index (χ3v) is 6.02. The van der Waals surface area contributed by atoms with Gasteiger partial charge in [-0.05, 0) is 67.3 Å². The second-order valence-corrected chi connectivity index (χ2v) is 8.33. The van der Waals surface area contributed by atoms with Gasteiger partial charge in [-0.1, -0.05) is 35.4 Å². The first-order valence-corrected chi connectivity index (χ1v) is 10.9. The van der Waals surface area contributed by atoms with Gasteiger partial charge in [-0.3, -0.25) is 0 Å². The zero-order valence-electron chi connectivity index (χ0n) is 17.3. The number of rotatable bonds is 9. The molecule has 1 aliphatic carbocycles. The van der Waals surface area contributed by atoms with Crippen LogP contribution in [-0.4, -0.2) is 36.3 Å². The van der Waals surface area contributed by atoms with Crippen LogP contribution in [0.15, 0.2) is 54.6 Å². The summed E-state index contributed by atoms with van der Waals surface area (Å²) in [6.07, 6.45) is 12.6. The highest BCUT2D eigenvalue weighted by atomic mass is 35.5. The Balaban J connectivity index is 1.50. The van der Waals surface area contributed by atoms with Gasteiger partial charge in [0.25, 0.3) is 0 Å². The minimum absolute atomic E-state index is 0.0895. The van der Waals surface area contributed by atoms with Crippen LogP contribution in [0.3, 0.4) is 0 Å². The highest BCUT2D eigenvalue weighted by molar-refractivity contribution is 6.30. The molecule has 8 heteroatoms. The molecule has 7 nitrogen and oxygen atoms in total. The van der Waals surface area contributed by atoms with Gasteiger partial charge in [0.2, 0.25) is 0 Å². The number of hydrogen-bond donors (Lipinski definition) is 1. The van der Waals surface area contributed by atoms with Crippen LogP contribution in [0.5, 0.6) is 0 Å². The maximum absolute atomic E-state index is 6.03. The minimum atomic E-state index is 0.0895. The summed E-state index contributed by atoms with van der Waals surface area (Å²) in [4.78, 5) is 4.11. The van der Waals surface area contributed by atoms with Gasteiger partial charge < -0.3 is 9.88 Å². The van der Waals surface area contributed by atoms with E-state index in [1.165, 1.54) is 12.0 Å². The molecule has 2 aromatic heterocycles. The molecule has 0 spiro atoms. The van der Waals surface area contributed by atoms with E-state index < -0.39 is 0 Å². The number of imidazole rings is 1. The molecule has 0 saturated carbocycles. The van der Waals surface area contributed by atoms with Crippen LogP contribution < -0.4 is 5.32 Å². The van der Waals surface area contributed by atoms with Crippen LogP contribution in [0.25, 0.3) is 0 Å². The van der Waals surface area contributed by atoms with Gasteiger partial charge in [0.05, 0.1) is 18.9 Å². The second-order valence-electron chi connectivity index (χ2n) is 7.89. The first-order chi connectivity index (χ1) is 14.7. The van der Waals surface area contributed by atoms with Gasteiger partial charge in [0, 0.05) is 29.9 Å². The summed E-state index contributed by atoms with van der Waals surface area (Å²) in [7, 11) is 0. The summed E-state index contributed by atoms with van der Waals surface area (Å²) < 4.78 is 4.02. The molecule has 3 aromatic rings. The highest BCUT2D eigenvalue weighted by Gasteiger charge is 2.30. The van der Waals surface area contributed by atoms with Crippen molar-refractivity contribution in [3.8, 4) is 0 Å². The standard InChI is InChI=1S/C22H28ClN7/c1-17-5-2-3-6-20(17)21(25-11-4-13-29-14-12-24-16-29)22-26-27-28-30(22)15-18-7-9-19(23)10-8-18/h5,7-10,12,14,16,20-21,25H,2-4,6,11,13,15H2,1H3/t20-,21?/m0/s1. The monoisotopic (exact) mass is 425 g/mol. The molecule has 0 amide bonds. The lowest BCUT2D eigenvalue weighted by Gasteiger charge is -2.30. The zero-order valence-corrected chi connectivity index (χ0v) is 18.0. The van der Waals surface area contributed by atoms with Crippen molar-refractivity contribution < 1.29 is 0 Å². The number of tetrazole rings is 1. The predicted molar refractivity (Wildman–Crippen MR) is 117 cm³/mol. The van der Waals surface area contributed by atoms with Crippen molar-refractivity contribution in [1.29, 1.82) is 0 Å². The molecular weight excluding hydrogens is 398 g/mol. The number of aromatic nitrogens is 6. The van der Waals surface area contributed by atoms with Crippen LogP contribution in [0, 0.1) is 5.92 Å². The Labute approximate surface area is 182 Å². The van der Waals surface area contributed by atoms with E-state index >= 15 is 0 Å². The molecule has 2 heterocycles. The Morgan fingerprint density at radius 3 is 2.90 bits per heavy atom. The van der Waals surface area contributed by atoms with Crippen molar-refractivity contribution in [2.45, 2.75) is 51.7 Å². The van der Waals surface area contributed by atoms with E-state index in [1.807, 2.05) is 47.7 Å². The van der Waals surface area contributed by atoms with E-state index in [2.05, 4.69) is 43.4 Å². The van der Waals surface area contributed by atoms with Crippen LogP contribution >= 0.6 is 11.6 Å². The molecule has 0 saturated heterocycles. The summed E-state index contributed by atoms with van der Waals surface area (Å²) >= 11 is 6.03. The Bertz CT molecular complexity index is 946. The van der Waals surface area contributed by atoms with Crippen molar-refractivity contribution in [3.63, 3.8) is 0 Å². The normalized spacial score (nSPS) is 17.7. The molecule has 1 aromatic carbocycles. The van der Waals surface area contributed by atoms with Gasteiger partial charge in [-0.15, -0.1) is 5.10 Å². The number of nitrogens with zero attached hydrogens (tertiary/aromatic N) is 6. The van der Waals surface area contributed by atoms with E-state index in [0.29, 0.717) is 12.5 Å². The largest absolute Gasteiger partial charge is 0.337 e. The fourth-order valence-corrected chi connectivity index (χ4v) is 4.26. The summed E-state index contributed by atoms with van der Waals surface area (Å²) in [5, 5.41) is 17.2. The second kappa shape index (κ2) is 10.00.